The molecule has 12 heavy (non-hydrogen) atoms. The van der Waals surface area contributed by atoms with Crippen LogP contribution in [0, 0.1) is 5.92 Å². The smallest absolute Gasteiger partial charge is 0.311 e. The Hall–Kier alpha value is -0.810. The summed E-state index contributed by atoms with van der Waals surface area (Å²) in [7, 11) is 1.30. The molecule has 0 bridgehead atoms. The molecule has 1 aliphatic rings. The number of ether oxygens (including phenoxy) is 1. The van der Waals surface area contributed by atoms with E-state index in [1.807, 2.05) is 0 Å². The Morgan fingerprint density at radius 3 is 2.67 bits per heavy atom. The molecule has 2 N–H and O–H groups in total. The van der Waals surface area contributed by atoms with Crippen LogP contribution in [0.15, 0.2) is 0 Å². The van der Waals surface area contributed by atoms with Gasteiger partial charge in [-0.05, 0) is 0 Å². The fraction of sp³-hybridized carbons (Fsp3) is 0.667. The van der Waals surface area contributed by atoms with E-state index in [0.717, 1.165) is 5.01 Å². The van der Waals surface area contributed by atoms with E-state index in [2.05, 4.69) is 4.74 Å². The number of nitrogens with zero attached hydrogens (tertiary/aromatic N) is 1. The molecular weight excluding hydrogens is 184 g/mol. The molecule has 1 amide bonds. The number of methoxy groups -OCH3 is 1. The minimum atomic E-state index is -0.377. The van der Waals surface area contributed by atoms with Crippen molar-refractivity contribution in [1.29, 1.82) is 0 Å². The number of esters is 1. The molecule has 1 unspecified atom stereocenters. The van der Waals surface area contributed by atoms with Gasteiger partial charge in [0.15, 0.2) is 0 Å². The van der Waals surface area contributed by atoms with Crippen LogP contribution in [0.1, 0.15) is 6.42 Å². The number of carbonyl (C=O) groups excluding carboxylic acids is 2. The van der Waals surface area contributed by atoms with Gasteiger partial charge in [-0.1, -0.05) is 0 Å². The minimum Gasteiger partial charge on any atom is -0.469 e. The van der Waals surface area contributed by atoms with Crippen LogP contribution < -0.4 is 5.84 Å². The standard InChI is InChI=1S/C6H10N2O3.ClH/c1-11-6(10)4-2-5(9)8(7)3-4;/h4H,2-3,7H2,1H3;1H. The van der Waals surface area contributed by atoms with Gasteiger partial charge in [0.2, 0.25) is 5.91 Å². The Balaban J connectivity index is 0.00000121. The van der Waals surface area contributed by atoms with E-state index < -0.39 is 0 Å². The van der Waals surface area contributed by atoms with Gasteiger partial charge < -0.3 is 4.74 Å². The molecule has 5 nitrogen and oxygen atoms in total. The first-order valence-electron chi connectivity index (χ1n) is 3.28. The highest BCUT2D eigenvalue weighted by atomic mass is 35.5. The maximum absolute atomic E-state index is 10.8. The predicted molar refractivity (Wildman–Crippen MR) is 43.3 cm³/mol. The van der Waals surface area contributed by atoms with Crippen LogP contribution in [-0.4, -0.2) is 30.5 Å². The fourth-order valence-electron chi connectivity index (χ4n) is 1.06. The van der Waals surface area contributed by atoms with Gasteiger partial charge in [0.25, 0.3) is 0 Å². The lowest BCUT2D eigenvalue weighted by atomic mass is 10.1. The molecule has 1 rings (SSSR count). The SMILES string of the molecule is COC(=O)C1CC(=O)N(N)C1.Cl. The molecule has 6 heteroatoms. The Morgan fingerprint density at radius 2 is 2.33 bits per heavy atom. The summed E-state index contributed by atoms with van der Waals surface area (Å²) < 4.78 is 4.46. The van der Waals surface area contributed by atoms with Crippen molar-refractivity contribution in [1.82, 2.24) is 5.01 Å². The van der Waals surface area contributed by atoms with Crippen molar-refractivity contribution in [2.24, 2.45) is 11.8 Å². The van der Waals surface area contributed by atoms with E-state index in [0.29, 0.717) is 0 Å². The normalized spacial score (nSPS) is 22.0. The second kappa shape index (κ2) is 4.27. The molecule has 1 fully saturated rings. The predicted octanol–water partition coefficient (Wildman–Crippen LogP) is -0.697. The number of hydrazine groups is 1. The summed E-state index contributed by atoms with van der Waals surface area (Å²) in [4.78, 5) is 21.6. The third-order valence-corrected chi connectivity index (χ3v) is 1.69. The van der Waals surface area contributed by atoms with E-state index in [4.69, 9.17) is 5.84 Å². The first kappa shape index (κ1) is 11.2. The number of halogens is 1. The number of hydrogen-bond acceptors (Lipinski definition) is 4. The van der Waals surface area contributed by atoms with E-state index in [-0.39, 0.29) is 43.2 Å². The van der Waals surface area contributed by atoms with Crippen LogP contribution in [0.4, 0.5) is 0 Å². The molecule has 70 valence electrons. The van der Waals surface area contributed by atoms with Gasteiger partial charge in [-0.3, -0.25) is 14.6 Å². The third-order valence-electron chi connectivity index (χ3n) is 1.69. The summed E-state index contributed by atoms with van der Waals surface area (Å²) in [6.07, 6.45) is 0.170. The van der Waals surface area contributed by atoms with Gasteiger partial charge in [-0.2, -0.15) is 0 Å². The van der Waals surface area contributed by atoms with Gasteiger partial charge in [0.1, 0.15) is 0 Å². The molecule has 0 aromatic heterocycles. The third kappa shape index (κ3) is 2.09. The van der Waals surface area contributed by atoms with Gasteiger partial charge in [-0.15, -0.1) is 12.4 Å². The quantitative estimate of drug-likeness (QED) is 0.341. The Labute approximate surface area is 76.2 Å². The number of amides is 1. The molecule has 1 saturated heterocycles. The molecule has 0 spiro atoms. The van der Waals surface area contributed by atoms with E-state index in [9.17, 15) is 9.59 Å². The molecule has 0 aromatic carbocycles. The van der Waals surface area contributed by atoms with Gasteiger partial charge in [0.05, 0.1) is 19.6 Å². The van der Waals surface area contributed by atoms with Crippen molar-refractivity contribution in [2.75, 3.05) is 13.7 Å². The summed E-state index contributed by atoms with van der Waals surface area (Å²) in [5.74, 6) is 4.28. The monoisotopic (exact) mass is 194 g/mol. The first-order chi connectivity index (χ1) is 5.15. The van der Waals surface area contributed by atoms with Crippen molar-refractivity contribution in [3.8, 4) is 0 Å². The fourth-order valence-corrected chi connectivity index (χ4v) is 1.06. The largest absolute Gasteiger partial charge is 0.469 e. The zero-order chi connectivity index (χ0) is 8.43. The topological polar surface area (TPSA) is 72.6 Å². The van der Waals surface area contributed by atoms with Crippen molar-refractivity contribution < 1.29 is 14.3 Å². The van der Waals surface area contributed by atoms with Crippen LogP contribution >= 0.6 is 12.4 Å². The first-order valence-corrected chi connectivity index (χ1v) is 3.28. The summed E-state index contributed by atoms with van der Waals surface area (Å²) in [5, 5.41) is 1.04. The second-order valence-corrected chi connectivity index (χ2v) is 2.47. The van der Waals surface area contributed by atoms with Crippen LogP contribution in [0.2, 0.25) is 0 Å². The van der Waals surface area contributed by atoms with E-state index in [1.54, 1.807) is 0 Å². The van der Waals surface area contributed by atoms with Crippen molar-refractivity contribution in [3.05, 3.63) is 0 Å². The maximum Gasteiger partial charge on any atom is 0.311 e. The highest BCUT2D eigenvalue weighted by Gasteiger charge is 2.33. The Morgan fingerprint density at radius 1 is 1.75 bits per heavy atom. The molecule has 0 aromatic rings. The molecule has 1 atom stereocenters. The Kier molecular flexibility index (Phi) is 3.99. The van der Waals surface area contributed by atoms with Gasteiger partial charge in [-0.25, -0.2) is 5.84 Å². The Bertz CT molecular complexity index is 197. The molecule has 0 aliphatic carbocycles. The van der Waals surface area contributed by atoms with E-state index >= 15 is 0 Å². The molecule has 0 radical (unpaired) electrons. The summed E-state index contributed by atoms with van der Waals surface area (Å²) in [5.41, 5.74) is 0. The number of nitrogens with two attached hydrogens (primary N) is 1. The molecular formula is C6H11ClN2O3. The van der Waals surface area contributed by atoms with Crippen LogP contribution in [0.5, 0.6) is 0 Å². The average molecular weight is 195 g/mol. The highest BCUT2D eigenvalue weighted by Crippen LogP contribution is 2.15. The summed E-state index contributed by atoms with van der Waals surface area (Å²) in [6, 6.07) is 0. The van der Waals surface area contributed by atoms with E-state index in [1.165, 1.54) is 7.11 Å². The lowest BCUT2D eigenvalue weighted by Gasteiger charge is -2.06. The van der Waals surface area contributed by atoms with Gasteiger partial charge in [0, 0.05) is 6.42 Å². The summed E-state index contributed by atoms with van der Waals surface area (Å²) >= 11 is 0. The second-order valence-electron chi connectivity index (χ2n) is 2.47. The molecule has 1 heterocycles. The number of rotatable bonds is 1. The van der Waals surface area contributed by atoms with Gasteiger partial charge >= 0.3 is 5.97 Å². The van der Waals surface area contributed by atoms with Crippen molar-refractivity contribution >= 4 is 24.3 Å². The molecule has 1 aliphatic heterocycles. The zero-order valence-electron chi connectivity index (χ0n) is 6.65. The van der Waals surface area contributed by atoms with Crippen LogP contribution in [0.3, 0.4) is 0 Å². The lowest BCUT2D eigenvalue weighted by Crippen LogP contribution is -2.32. The average Bonchev–Trinajstić information content (AvgIpc) is 2.31. The number of hydrogen-bond donors (Lipinski definition) is 1. The molecule has 0 saturated carbocycles. The summed E-state index contributed by atoms with van der Waals surface area (Å²) in [6.45, 7) is 0.269. The van der Waals surface area contributed by atoms with Crippen LogP contribution in [-0.2, 0) is 14.3 Å². The van der Waals surface area contributed by atoms with Crippen LogP contribution in [0.25, 0.3) is 0 Å². The highest BCUT2D eigenvalue weighted by molar-refractivity contribution is 5.86. The zero-order valence-corrected chi connectivity index (χ0v) is 7.47. The maximum atomic E-state index is 10.8. The number of carbonyl (C=O) groups is 2. The minimum absolute atomic E-state index is 0. The van der Waals surface area contributed by atoms with Crippen molar-refractivity contribution in [3.63, 3.8) is 0 Å². The van der Waals surface area contributed by atoms with Crippen molar-refractivity contribution in [2.45, 2.75) is 6.42 Å². The lowest BCUT2D eigenvalue weighted by molar-refractivity contribution is -0.145.